The van der Waals surface area contributed by atoms with E-state index in [4.69, 9.17) is 9.47 Å². The van der Waals surface area contributed by atoms with Gasteiger partial charge in [0.25, 0.3) is 0 Å². The summed E-state index contributed by atoms with van der Waals surface area (Å²) < 4.78 is 38.8. The van der Waals surface area contributed by atoms with Crippen molar-refractivity contribution in [2.75, 3.05) is 38.8 Å². The van der Waals surface area contributed by atoms with Gasteiger partial charge in [0, 0.05) is 51.1 Å². The highest BCUT2D eigenvalue weighted by atomic mass is 32.2. The van der Waals surface area contributed by atoms with Crippen molar-refractivity contribution in [3.8, 4) is 5.75 Å². The van der Waals surface area contributed by atoms with Crippen molar-refractivity contribution in [2.24, 2.45) is 5.92 Å². The molecule has 1 saturated heterocycles. The van der Waals surface area contributed by atoms with E-state index in [2.05, 4.69) is 14.7 Å². The van der Waals surface area contributed by atoms with Crippen molar-refractivity contribution in [1.82, 2.24) is 14.7 Å². The molecule has 9 heteroatoms. The van der Waals surface area contributed by atoms with E-state index in [0.29, 0.717) is 30.7 Å². The number of nitrogens with one attached hydrogen (secondary N) is 1. The number of anilines is 1. The second-order valence-electron chi connectivity index (χ2n) is 6.60. The van der Waals surface area contributed by atoms with Gasteiger partial charge in [-0.15, -0.1) is 0 Å². The molecule has 0 saturated carbocycles. The zero-order chi connectivity index (χ0) is 19.3. The summed E-state index contributed by atoms with van der Waals surface area (Å²) in [7, 11) is 0.0141. The van der Waals surface area contributed by atoms with Crippen LogP contribution >= 0.6 is 0 Å². The lowest BCUT2D eigenvalue weighted by Gasteiger charge is -2.14. The molecule has 0 aliphatic carbocycles. The van der Waals surface area contributed by atoms with Gasteiger partial charge in [-0.3, -0.25) is 4.98 Å². The molecule has 1 unspecified atom stereocenters. The highest BCUT2D eigenvalue weighted by Crippen LogP contribution is 2.20. The normalized spacial score (nSPS) is 17.0. The lowest BCUT2D eigenvalue weighted by atomic mass is 10.1. The van der Waals surface area contributed by atoms with Crippen LogP contribution in [-0.4, -0.2) is 52.3 Å². The van der Waals surface area contributed by atoms with Crippen LogP contribution in [0.25, 0.3) is 0 Å². The fourth-order valence-corrected chi connectivity index (χ4v) is 3.61. The molecule has 8 nitrogen and oxygen atoms in total. The highest BCUT2D eigenvalue weighted by molar-refractivity contribution is 7.89. The second kappa shape index (κ2) is 8.64. The minimum absolute atomic E-state index is 0.108. The number of pyridine rings is 2. The van der Waals surface area contributed by atoms with Gasteiger partial charge in [-0.2, -0.15) is 0 Å². The highest BCUT2D eigenvalue weighted by Gasteiger charge is 2.18. The molecule has 0 amide bonds. The molecule has 1 aliphatic rings. The van der Waals surface area contributed by atoms with Crippen LogP contribution in [0.4, 0.5) is 5.82 Å². The molecule has 0 bridgehead atoms. The fourth-order valence-electron chi connectivity index (χ4n) is 2.66. The number of hydrogen-bond donors (Lipinski definition) is 1. The average molecular weight is 392 g/mol. The van der Waals surface area contributed by atoms with Crippen molar-refractivity contribution in [3.63, 3.8) is 0 Å². The zero-order valence-electron chi connectivity index (χ0n) is 15.5. The summed E-state index contributed by atoms with van der Waals surface area (Å²) in [5.74, 6) is 1.62. The first-order chi connectivity index (χ1) is 13.0. The third-order valence-corrected chi connectivity index (χ3v) is 5.70. The first-order valence-corrected chi connectivity index (χ1v) is 10.2. The van der Waals surface area contributed by atoms with E-state index in [1.54, 1.807) is 29.4 Å². The number of sulfonamides is 1. The van der Waals surface area contributed by atoms with Crippen molar-refractivity contribution in [3.05, 3.63) is 42.4 Å². The van der Waals surface area contributed by atoms with Crippen molar-refractivity contribution < 1.29 is 17.9 Å². The van der Waals surface area contributed by atoms with E-state index in [9.17, 15) is 8.42 Å². The molecule has 146 valence electrons. The van der Waals surface area contributed by atoms with Gasteiger partial charge in [0.05, 0.1) is 19.4 Å². The topological polar surface area (TPSA) is 93.7 Å². The van der Waals surface area contributed by atoms with E-state index < -0.39 is 10.0 Å². The summed E-state index contributed by atoms with van der Waals surface area (Å²) in [5.41, 5.74) is 0.727. The summed E-state index contributed by atoms with van der Waals surface area (Å²) >= 11 is 0. The van der Waals surface area contributed by atoms with Gasteiger partial charge in [-0.1, -0.05) is 0 Å². The molecule has 1 fully saturated rings. The zero-order valence-corrected chi connectivity index (χ0v) is 16.3. The molecule has 1 N–H and O–H groups in total. The Labute approximate surface area is 159 Å². The molecule has 1 atom stereocenters. The van der Waals surface area contributed by atoms with Gasteiger partial charge < -0.3 is 14.4 Å². The third kappa shape index (κ3) is 5.15. The molecule has 1 aliphatic heterocycles. The first kappa shape index (κ1) is 19.5. The van der Waals surface area contributed by atoms with Crippen LogP contribution < -0.4 is 14.4 Å². The van der Waals surface area contributed by atoms with Crippen molar-refractivity contribution >= 4 is 15.8 Å². The summed E-state index contributed by atoms with van der Waals surface area (Å²) in [6.07, 6.45) is 5.54. The van der Waals surface area contributed by atoms with Gasteiger partial charge in [0.1, 0.15) is 16.5 Å². The van der Waals surface area contributed by atoms with Gasteiger partial charge in [0.2, 0.25) is 10.0 Å². The molecule has 3 heterocycles. The van der Waals surface area contributed by atoms with Crippen LogP contribution in [0.1, 0.15) is 12.0 Å². The average Bonchev–Trinajstić information content (AvgIpc) is 3.19. The maximum atomic E-state index is 12.5. The first-order valence-electron chi connectivity index (χ1n) is 8.72. The quantitative estimate of drug-likeness (QED) is 0.726. The smallest absolute Gasteiger partial charge is 0.242 e. The van der Waals surface area contributed by atoms with Crippen molar-refractivity contribution in [2.45, 2.75) is 17.9 Å². The Hall–Kier alpha value is -2.23. The monoisotopic (exact) mass is 392 g/mol. The molecule has 0 spiro atoms. The number of nitrogens with zero attached hydrogens (tertiary/aromatic N) is 3. The number of aromatic nitrogens is 2. The summed E-state index contributed by atoms with van der Waals surface area (Å²) in [6, 6.07) is 4.95. The largest absolute Gasteiger partial charge is 0.491 e. The summed E-state index contributed by atoms with van der Waals surface area (Å²) in [5, 5.41) is 0. The van der Waals surface area contributed by atoms with Crippen LogP contribution in [0.15, 0.2) is 41.7 Å². The predicted molar refractivity (Wildman–Crippen MR) is 101 cm³/mol. The molecular weight excluding hydrogens is 368 g/mol. The second-order valence-corrected chi connectivity index (χ2v) is 8.36. The fraction of sp³-hybridized carbons (Fsp3) is 0.444. The summed E-state index contributed by atoms with van der Waals surface area (Å²) in [4.78, 5) is 10.1. The van der Waals surface area contributed by atoms with Crippen LogP contribution in [0.3, 0.4) is 0 Å². The lowest BCUT2D eigenvalue weighted by Crippen LogP contribution is -2.24. The van der Waals surface area contributed by atoms with E-state index in [1.807, 2.05) is 14.1 Å². The minimum Gasteiger partial charge on any atom is -0.491 e. The third-order valence-electron chi connectivity index (χ3n) is 4.31. The van der Waals surface area contributed by atoms with E-state index in [-0.39, 0.29) is 11.4 Å². The molecule has 0 aromatic carbocycles. The molecular formula is C18H24N4O4S. The van der Waals surface area contributed by atoms with E-state index in [0.717, 1.165) is 18.6 Å². The maximum Gasteiger partial charge on any atom is 0.242 e. The van der Waals surface area contributed by atoms with Crippen molar-refractivity contribution in [1.29, 1.82) is 0 Å². The van der Waals surface area contributed by atoms with Crippen LogP contribution in [0.5, 0.6) is 5.75 Å². The Bertz CT molecular complexity index is 850. The Morgan fingerprint density at radius 2 is 2.15 bits per heavy atom. The van der Waals surface area contributed by atoms with Crippen LogP contribution in [0.2, 0.25) is 0 Å². The minimum atomic E-state index is -3.68. The molecule has 3 rings (SSSR count). The Kier molecular flexibility index (Phi) is 6.25. The SMILES string of the molecule is CN(C)c1ccc(S(=O)(=O)NCc2ccncc2OCC2CCOC2)cn1. The standard InChI is InChI=1S/C18H24N4O4S/c1-22(2)18-4-3-16(10-20-18)27(23,24)21-9-15-5-7-19-11-17(15)26-13-14-6-8-25-12-14/h3-5,7,10-11,14,21H,6,8-9,12-13H2,1-2H3. The molecule has 2 aromatic rings. The van der Waals surface area contributed by atoms with E-state index >= 15 is 0 Å². The Morgan fingerprint density at radius 3 is 2.81 bits per heavy atom. The number of hydrogen-bond acceptors (Lipinski definition) is 7. The van der Waals surface area contributed by atoms with E-state index in [1.165, 1.54) is 12.3 Å². The Balaban J connectivity index is 1.64. The molecule has 0 radical (unpaired) electrons. The van der Waals surface area contributed by atoms with Gasteiger partial charge in [-0.25, -0.2) is 18.1 Å². The summed E-state index contributed by atoms with van der Waals surface area (Å²) in [6.45, 7) is 2.09. The van der Waals surface area contributed by atoms with Gasteiger partial charge in [0.15, 0.2) is 0 Å². The van der Waals surface area contributed by atoms with Gasteiger partial charge in [-0.05, 0) is 24.6 Å². The predicted octanol–water partition coefficient (Wildman–Crippen LogP) is 1.44. The lowest BCUT2D eigenvalue weighted by molar-refractivity contribution is 0.166. The Morgan fingerprint density at radius 1 is 1.30 bits per heavy atom. The molecule has 2 aromatic heterocycles. The van der Waals surface area contributed by atoms with Crippen LogP contribution in [-0.2, 0) is 21.3 Å². The van der Waals surface area contributed by atoms with Crippen LogP contribution in [0, 0.1) is 5.92 Å². The maximum absolute atomic E-state index is 12.5. The van der Waals surface area contributed by atoms with Gasteiger partial charge >= 0.3 is 0 Å². The number of ether oxygens (including phenoxy) is 2. The molecule has 27 heavy (non-hydrogen) atoms. The number of rotatable bonds is 8.